The molecule has 0 spiro atoms. The number of nitrogens with one attached hydrogen (secondary N) is 2. The Kier molecular flexibility index (Phi) is 16.6. The van der Waals surface area contributed by atoms with E-state index in [2.05, 4.69) is 112 Å². The molecule has 3 saturated heterocycles. The largest absolute Gasteiger partial charge is 0.466 e. The maximum atomic E-state index is 14.5. The van der Waals surface area contributed by atoms with Gasteiger partial charge in [-0.3, -0.25) is 15.0 Å². The number of aryl methyl sites for hydroxylation is 1. The Morgan fingerprint density at radius 1 is 0.639 bits per heavy atom. The van der Waals surface area contributed by atoms with Gasteiger partial charge < -0.3 is 29.3 Å². The fourth-order valence-electron chi connectivity index (χ4n) is 11.8. The molecule has 11 nitrogen and oxygen atoms in total. The number of hydrogen-bond donors (Lipinski definition) is 2. The van der Waals surface area contributed by atoms with E-state index in [4.69, 9.17) is 37.4 Å². The van der Waals surface area contributed by atoms with E-state index in [9.17, 15) is 14.4 Å². The summed E-state index contributed by atoms with van der Waals surface area (Å²) in [4.78, 5) is 49.7. The van der Waals surface area contributed by atoms with Gasteiger partial charge in [0.15, 0.2) is 0 Å². The van der Waals surface area contributed by atoms with E-state index < -0.39 is 23.4 Å². The van der Waals surface area contributed by atoms with Crippen LogP contribution >= 0.6 is 23.2 Å². The van der Waals surface area contributed by atoms with Gasteiger partial charge in [0, 0.05) is 77.9 Å². The molecule has 2 unspecified atom stereocenters. The molecule has 5 aromatic carbocycles. The Morgan fingerprint density at radius 2 is 1.15 bits per heavy atom. The number of fused-ring (bicyclic) bond motifs is 2. The van der Waals surface area contributed by atoms with Crippen molar-refractivity contribution in [1.29, 1.82) is 0 Å². The fourth-order valence-corrected chi connectivity index (χ4v) is 12.4. The highest BCUT2D eigenvalue weighted by Crippen LogP contribution is 2.46. The van der Waals surface area contributed by atoms with Crippen molar-refractivity contribution in [2.75, 3.05) is 60.6 Å². The predicted molar refractivity (Wildman–Crippen MR) is 282 cm³/mol. The van der Waals surface area contributed by atoms with Crippen LogP contribution in [0.5, 0.6) is 0 Å². The van der Waals surface area contributed by atoms with Gasteiger partial charge >= 0.3 is 11.9 Å². The van der Waals surface area contributed by atoms with Crippen LogP contribution < -0.4 is 10.6 Å². The summed E-state index contributed by atoms with van der Waals surface area (Å²) < 4.78 is 17.3. The molecule has 4 atom stereocenters. The topological polar surface area (TPSA) is 113 Å². The van der Waals surface area contributed by atoms with Crippen LogP contribution in [0.25, 0.3) is 0 Å². The molecular weight excluding hydrogens is 946 g/mol. The van der Waals surface area contributed by atoms with Gasteiger partial charge in [-0.1, -0.05) is 145 Å². The number of carbonyl (C=O) groups is 3. The van der Waals surface area contributed by atoms with Crippen LogP contribution in [0, 0.1) is 0 Å². The number of halogens is 2. The lowest BCUT2D eigenvalue weighted by atomic mass is 9.77. The predicted octanol–water partition coefficient (Wildman–Crippen LogP) is 9.43. The van der Waals surface area contributed by atoms with E-state index in [1.807, 2.05) is 35.2 Å². The Balaban J connectivity index is 0.942. The summed E-state index contributed by atoms with van der Waals surface area (Å²) in [5.74, 6) is -2.59. The van der Waals surface area contributed by atoms with Gasteiger partial charge in [0.1, 0.15) is 0 Å². The first-order valence-electron chi connectivity index (χ1n) is 25.2. The number of esters is 2. The summed E-state index contributed by atoms with van der Waals surface area (Å²) in [6.07, 6.45) is 5.53. The zero-order valence-electron chi connectivity index (χ0n) is 41.5. The van der Waals surface area contributed by atoms with Gasteiger partial charge in [0.2, 0.25) is 5.91 Å². The number of carbonyl (C=O) groups excluding carboxylic acids is 3. The molecular formula is C59H65Cl2N5O6. The van der Waals surface area contributed by atoms with Crippen molar-refractivity contribution in [1.82, 2.24) is 25.3 Å². The SMILES string of the molecule is COC(=O)C1=C(CCc2ccccc2COCCNC(c2ccccc2)(c2ccccc2)c2ccccc2)NC(CC(=O)N2CCN(C3C[C@H]4CC[C@@H](C3)N4C)CC2)=C(C(=O)OC)C1c1c(Cl)cccc1Cl. The summed E-state index contributed by atoms with van der Waals surface area (Å²) in [6.45, 7) is 4.08. The van der Waals surface area contributed by atoms with Crippen molar-refractivity contribution in [3.8, 4) is 0 Å². The molecule has 2 bridgehead atoms. The maximum absolute atomic E-state index is 14.5. The highest BCUT2D eigenvalue weighted by atomic mass is 35.5. The van der Waals surface area contributed by atoms with Crippen LogP contribution in [-0.2, 0) is 47.2 Å². The first-order valence-corrected chi connectivity index (χ1v) is 26.0. The molecule has 0 aromatic heterocycles. The van der Waals surface area contributed by atoms with E-state index in [1.165, 1.54) is 39.9 Å². The van der Waals surface area contributed by atoms with Crippen LogP contribution in [0.15, 0.2) is 156 Å². The summed E-state index contributed by atoms with van der Waals surface area (Å²) in [5, 5.41) is 7.86. The van der Waals surface area contributed by atoms with Crippen LogP contribution in [-0.4, -0.2) is 111 Å². The Morgan fingerprint density at radius 3 is 1.69 bits per heavy atom. The highest BCUT2D eigenvalue weighted by Gasteiger charge is 2.44. The molecule has 4 aliphatic heterocycles. The minimum absolute atomic E-state index is 0.0867. The van der Waals surface area contributed by atoms with E-state index in [0.29, 0.717) is 80.8 Å². The number of nitrogens with zero attached hydrogens (tertiary/aromatic N) is 3. The van der Waals surface area contributed by atoms with E-state index in [0.717, 1.165) is 40.9 Å². The van der Waals surface area contributed by atoms with Crippen molar-refractivity contribution in [2.24, 2.45) is 0 Å². The van der Waals surface area contributed by atoms with Gasteiger partial charge in [-0.2, -0.15) is 0 Å². The second-order valence-corrected chi connectivity index (χ2v) is 20.1. The van der Waals surface area contributed by atoms with Crippen LogP contribution in [0.4, 0.5) is 0 Å². The maximum Gasteiger partial charge on any atom is 0.336 e. The first kappa shape index (κ1) is 51.1. The zero-order chi connectivity index (χ0) is 50.2. The molecule has 72 heavy (non-hydrogen) atoms. The highest BCUT2D eigenvalue weighted by molar-refractivity contribution is 6.36. The summed E-state index contributed by atoms with van der Waals surface area (Å²) in [6, 6.07) is 46.4. The van der Waals surface area contributed by atoms with Crippen LogP contribution in [0.2, 0.25) is 10.0 Å². The molecule has 0 radical (unpaired) electrons. The molecule has 13 heteroatoms. The molecule has 0 saturated carbocycles. The molecule has 4 aliphatic rings. The fraction of sp³-hybridized carbons (Fsp3) is 0.373. The minimum atomic E-state index is -1.09. The second kappa shape index (κ2) is 23.4. The van der Waals surface area contributed by atoms with Crippen LogP contribution in [0.3, 0.4) is 0 Å². The number of benzene rings is 5. The Bertz CT molecular complexity index is 2630. The van der Waals surface area contributed by atoms with E-state index >= 15 is 0 Å². The van der Waals surface area contributed by atoms with Crippen molar-refractivity contribution >= 4 is 41.0 Å². The van der Waals surface area contributed by atoms with E-state index in [1.54, 1.807) is 18.2 Å². The molecule has 1 amide bonds. The number of hydrogen-bond acceptors (Lipinski definition) is 10. The minimum Gasteiger partial charge on any atom is -0.466 e. The normalized spacial score (nSPS) is 20.6. The van der Waals surface area contributed by atoms with Gasteiger partial charge in [-0.05, 0) is 85.5 Å². The Labute approximate surface area is 434 Å². The number of piperazine rings is 1. The third kappa shape index (κ3) is 10.8. The van der Waals surface area contributed by atoms with Crippen molar-refractivity contribution < 1.29 is 28.6 Å². The number of dihydropyridines is 1. The smallest absolute Gasteiger partial charge is 0.336 e. The Hall–Kier alpha value is -5.79. The number of allylic oxidation sites excluding steroid dienone is 1. The van der Waals surface area contributed by atoms with Gasteiger partial charge in [-0.25, -0.2) is 9.59 Å². The average molecular weight is 1010 g/mol. The van der Waals surface area contributed by atoms with Gasteiger partial charge in [0.25, 0.3) is 0 Å². The lowest BCUT2D eigenvalue weighted by Gasteiger charge is -2.45. The van der Waals surface area contributed by atoms with Gasteiger partial charge in [-0.15, -0.1) is 0 Å². The van der Waals surface area contributed by atoms with Crippen molar-refractivity contribution in [2.45, 2.75) is 81.1 Å². The van der Waals surface area contributed by atoms with Crippen molar-refractivity contribution in [3.63, 3.8) is 0 Å². The van der Waals surface area contributed by atoms with Crippen LogP contribution in [0.1, 0.15) is 77.8 Å². The standard InChI is InChI=1S/C59H65Cl2N5O6/c1-64-45-27-28-46(64)37-47(36-45)65-31-33-66(34-32-65)52(67)38-51-55(58(69)71-3)56(53-48(60)24-15-25-49(53)61)54(57(68)70-2)50(63-51)29-26-40-16-13-14-17-41(40)39-72-35-30-62-59(42-18-7-4-8-19-42,43-20-9-5-10-21-43)44-22-11-6-12-23-44/h4-25,45-47,56,62-63H,26-39H2,1-3H3/t45-,46+,47?,56?. The number of methoxy groups -OCH3 is 2. The number of piperidine rings is 1. The average Bonchev–Trinajstić information content (AvgIpc) is 3.59. The van der Waals surface area contributed by atoms with E-state index in [-0.39, 0.29) is 33.5 Å². The molecule has 376 valence electrons. The first-order chi connectivity index (χ1) is 35.1. The molecule has 3 fully saturated rings. The molecule has 5 aromatic rings. The lowest BCUT2D eigenvalue weighted by Crippen LogP contribution is -2.56. The molecule has 9 rings (SSSR count). The van der Waals surface area contributed by atoms with Crippen molar-refractivity contribution in [3.05, 3.63) is 199 Å². The zero-order valence-corrected chi connectivity index (χ0v) is 43.0. The van der Waals surface area contributed by atoms with Gasteiger partial charge in [0.05, 0.1) is 56.5 Å². The summed E-state index contributed by atoms with van der Waals surface area (Å²) in [7, 11) is 4.85. The monoisotopic (exact) mass is 1010 g/mol. The quantitative estimate of drug-likeness (QED) is 0.0501. The number of amides is 1. The third-order valence-corrected chi connectivity index (χ3v) is 16.1. The summed E-state index contributed by atoms with van der Waals surface area (Å²) in [5.41, 5.74) is 6.20. The number of rotatable bonds is 18. The third-order valence-electron chi connectivity index (χ3n) is 15.5. The molecule has 4 heterocycles. The molecule has 0 aliphatic carbocycles. The lowest BCUT2D eigenvalue weighted by molar-refractivity contribution is -0.137. The second-order valence-electron chi connectivity index (χ2n) is 19.3. The molecule has 2 N–H and O–H groups in total. The summed E-state index contributed by atoms with van der Waals surface area (Å²) >= 11 is 13.9. The number of ether oxygens (including phenoxy) is 3.